The number of nitrogens with zero attached hydrogens (tertiary/aromatic N) is 2. The number of hydrogen-bond acceptors (Lipinski definition) is 5. The van der Waals surface area contributed by atoms with Crippen LogP contribution in [0.2, 0.25) is 0 Å². The SMILES string of the molecule is CCOC(=O)CN(CC)C(=O)C(C)N1CCNCC1. The van der Waals surface area contributed by atoms with Gasteiger partial charge in [-0.1, -0.05) is 0 Å². The number of carbonyl (C=O) groups excluding carboxylic acids is 2. The summed E-state index contributed by atoms with van der Waals surface area (Å²) >= 11 is 0. The van der Waals surface area contributed by atoms with Crippen molar-refractivity contribution in [1.29, 1.82) is 0 Å². The highest BCUT2D eigenvalue weighted by atomic mass is 16.5. The van der Waals surface area contributed by atoms with E-state index in [9.17, 15) is 9.59 Å². The third kappa shape index (κ3) is 4.80. The molecule has 6 heteroatoms. The Morgan fingerprint density at radius 3 is 2.47 bits per heavy atom. The van der Waals surface area contributed by atoms with Gasteiger partial charge >= 0.3 is 5.97 Å². The highest BCUT2D eigenvalue weighted by molar-refractivity contribution is 5.85. The summed E-state index contributed by atoms with van der Waals surface area (Å²) in [5, 5.41) is 3.26. The molecule has 110 valence electrons. The average molecular weight is 271 g/mol. The molecule has 1 heterocycles. The summed E-state index contributed by atoms with van der Waals surface area (Å²) in [5.41, 5.74) is 0. The van der Waals surface area contributed by atoms with Crippen molar-refractivity contribution in [3.8, 4) is 0 Å². The summed E-state index contributed by atoms with van der Waals surface area (Å²) in [5.74, 6) is -0.345. The molecule has 1 N–H and O–H groups in total. The van der Waals surface area contributed by atoms with Crippen molar-refractivity contribution < 1.29 is 14.3 Å². The number of carbonyl (C=O) groups is 2. The van der Waals surface area contributed by atoms with Gasteiger partial charge in [-0.2, -0.15) is 0 Å². The fraction of sp³-hybridized carbons (Fsp3) is 0.846. The second-order valence-corrected chi connectivity index (χ2v) is 4.62. The van der Waals surface area contributed by atoms with Gasteiger partial charge in [0.25, 0.3) is 0 Å². The summed E-state index contributed by atoms with van der Waals surface area (Å²) in [6.45, 7) is 9.99. The van der Waals surface area contributed by atoms with Crippen LogP contribution in [0.25, 0.3) is 0 Å². The third-order valence-electron chi connectivity index (χ3n) is 3.38. The number of rotatable bonds is 6. The van der Waals surface area contributed by atoms with Gasteiger partial charge in [-0.15, -0.1) is 0 Å². The van der Waals surface area contributed by atoms with Crippen LogP contribution in [0.1, 0.15) is 20.8 Å². The summed E-state index contributed by atoms with van der Waals surface area (Å²) in [6, 6.07) is -0.184. The Bertz CT molecular complexity index is 304. The van der Waals surface area contributed by atoms with Gasteiger partial charge < -0.3 is 15.0 Å². The summed E-state index contributed by atoms with van der Waals surface area (Å²) in [6.07, 6.45) is 0. The molecule has 1 atom stereocenters. The maximum Gasteiger partial charge on any atom is 0.325 e. The predicted molar refractivity (Wildman–Crippen MR) is 72.8 cm³/mol. The van der Waals surface area contributed by atoms with Crippen molar-refractivity contribution >= 4 is 11.9 Å². The minimum absolute atomic E-state index is 0.00236. The lowest BCUT2D eigenvalue weighted by Crippen LogP contribution is -2.54. The average Bonchev–Trinajstić information content (AvgIpc) is 2.44. The van der Waals surface area contributed by atoms with E-state index < -0.39 is 0 Å². The molecule has 0 radical (unpaired) electrons. The zero-order valence-electron chi connectivity index (χ0n) is 12.1. The standard InChI is InChI=1S/C13H25N3O3/c1-4-15(10-12(17)19-5-2)13(18)11(3)16-8-6-14-7-9-16/h11,14H,4-10H2,1-3H3. The van der Waals surface area contributed by atoms with E-state index in [-0.39, 0.29) is 24.5 Å². The number of esters is 1. The maximum atomic E-state index is 12.4. The molecule has 0 aliphatic carbocycles. The van der Waals surface area contributed by atoms with Gasteiger partial charge in [0.2, 0.25) is 5.91 Å². The highest BCUT2D eigenvalue weighted by Crippen LogP contribution is 2.06. The Kier molecular flexibility index (Phi) is 6.80. The molecule has 0 aromatic carbocycles. The number of piperazine rings is 1. The van der Waals surface area contributed by atoms with E-state index in [0.717, 1.165) is 26.2 Å². The number of likely N-dealkylation sites (N-methyl/N-ethyl adjacent to an activating group) is 1. The molecule has 0 aromatic heterocycles. The molecule has 1 fully saturated rings. The van der Waals surface area contributed by atoms with Crippen molar-refractivity contribution in [1.82, 2.24) is 15.1 Å². The van der Waals surface area contributed by atoms with Crippen LogP contribution in [0.3, 0.4) is 0 Å². The lowest BCUT2D eigenvalue weighted by atomic mass is 10.2. The minimum atomic E-state index is -0.342. The van der Waals surface area contributed by atoms with Crippen LogP contribution in [0.4, 0.5) is 0 Å². The van der Waals surface area contributed by atoms with E-state index in [1.165, 1.54) is 0 Å². The van der Waals surface area contributed by atoms with Gasteiger partial charge in [-0.25, -0.2) is 0 Å². The van der Waals surface area contributed by atoms with Crippen LogP contribution >= 0.6 is 0 Å². The van der Waals surface area contributed by atoms with Gasteiger partial charge in [0.1, 0.15) is 6.54 Å². The zero-order chi connectivity index (χ0) is 14.3. The lowest BCUT2D eigenvalue weighted by Gasteiger charge is -2.34. The van der Waals surface area contributed by atoms with Crippen molar-refractivity contribution in [2.75, 3.05) is 45.9 Å². The molecule has 1 unspecified atom stereocenters. The van der Waals surface area contributed by atoms with Gasteiger partial charge in [-0.3, -0.25) is 14.5 Å². The zero-order valence-corrected chi connectivity index (χ0v) is 12.1. The van der Waals surface area contributed by atoms with E-state index >= 15 is 0 Å². The first-order valence-electron chi connectivity index (χ1n) is 6.99. The molecule has 19 heavy (non-hydrogen) atoms. The molecule has 0 bridgehead atoms. The topological polar surface area (TPSA) is 61.9 Å². The van der Waals surface area contributed by atoms with E-state index in [2.05, 4.69) is 10.2 Å². The highest BCUT2D eigenvalue weighted by Gasteiger charge is 2.27. The molecule has 1 rings (SSSR count). The molecular formula is C13H25N3O3. The smallest absolute Gasteiger partial charge is 0.325 e. The number of nitrogens with one attached hydrogen (secondary N) is 1. The first-order valence-corrected chi connectivity index (χ1v) is 6.99. The summed E-state index contributed by atoms with van der Waals surface area (Å²) < 4.78 is 4.89. The molecule has 1 aliphatic heterocycles. The fourth-order valence-corrected chi connectivity index (χ4v) is 2.20. The van der Waals surface area contributed by atoms with E-state index in [1.54, 1.807) is 11.8 Å². The Hall–Kier alpha value is -1.14. The quantitative estimate of drug-likeness (QED) is 0.672. The summed E-state index contributed by atoms with van der Waals surface area (Å²) in [4.78, 5) is 27.6. The Morgan fingerprint density at radius 2 is 1.95 bits per heavy atom. The monoisotopic (exact) mass is 271 g/mol. The van der Waals surface area contributed by atoms with Crippen molar-refractivity contribution in [2.45, 2.75) is 26.8 Å². The van der Waals surface area contributed by atoms with Gasteiger partial charge in [-0.05, 0) is 20.8 Å². The van der Waals surface area contributed by atoms with Crippen LogP contribution in [-0.4, -0.2) is 73.6 Å². The van der Waals surface area contributed by atoms with Crippen molar-refractivity contribution in [3.05, 3.63) is 0 Å². The Morgan fingerprint density at radius 1 is 1.32 bits per heavy atom. The molecular weight excluding hydrogens is 246 g/mol. The molecule has 1 aliphatic rings. The second-order valence-electron chi connectivity index (χ2n) is 4.62. The van der Waals surface area contributed by atoms with Gasteiger partial charge in [0.05, 0.1) is 12.6 Å². The lowest BCUT2D eigenvalue weighted by molar-refractivity contribution is -0.150. The predicted octanol–water partition coefficient (Wildman–Crippen LogP) is -0.308. The number of hydrogen-bond donors (Lipinski definition) is 1. The molecule has 1 amide bonds. The van der Waals surface area contributed by atoms with Crippen LogP contribution in [0.15, 0.2) is 0 Å². The van der Waals surface area contributed by atoms with Crippen LogP contribution in [-0.2, 0) is 14.3 Å². The fourth-order valence-electron chi connectivity index (χ4n) is 2.20. The van der Waals surface area contributed by atoms with E-state index in [1.807, 2.05) is 13.8 Å². The number of ether oxygens (including phenoxy) is 1. The molecule has 0 spiro atoms. The van der Waals surface area contributed by atoms with E-state index in [4.69, 9.17) is 4.74 Å². The van der Waals surface area contributed by atoms with Crippen LogP contribution < -0.4 is 5.32 Å². The van der Waals surface area contributed by atoms with Crippen molar-refractivity contribution in [2.24, 2.45) is 0 Å². The second kappa shape index (κ2) is 8.12. The maximum absolute atomic E-state index is 12.4. The van der Waals surface area contributed by atoms with Gasteiger partial charge in [0, 0.05) is 32.7 Å². The first-order chi connectivity index (χ1) is 9.10. The largest absolute Gasteiger partial charge is 0.465 e. The van der Waals surface area contributed by atoms with Crippen molar-refractivity contribution in [3.63, 3.8) is 0 Å². The Labute approximate surface area is 115 Å². The van der Waals surface area contributed by atoms with Crippen LogP contribution in [0, 0.1) is 0 Å². The normalized spacial score (nSPS) is 17.8. The Balaban J connectivity index is 2.53. The summed E-state index contributed by atoms with van der Waals surface area (Å²) in [7, 11) is 0. The molecule has 0 saturated carbocycles. The number of amides is 1. The van der Waals surface area contributed by atoms with Crippen LogP contribution in [0.5, 0.6) is 0 Å². The van der Waals surface area contributed by atoms with E-state index in [0.29, 0.717) is 13.2 Å². The third-order valence-corrected chi connectivity index (χ3v) is 3.38. The molecule has 1 saturated heterocycles. The minimum Gasteiger partial charge on any atom is -0.465 e. The molecule has 6 nitrogen and oxygen atoms in total. The molecule has 0 aromatic rings. The van der Waals surface area contributed by atoms with Gasteiger partial charge in [0.15, 0.2) is 0 Å². The first kappa shape index (κ1) is 15.9.